The molecule has 1 saturated heterocycles. The number of likely N-dealkylation sites (tertiary alicyclic amines) is 1. The van der Waals surface area contributed by atoms with Crippen molar-refractivity contribution in [1.29, 1.82) is 0 Å². The van der Waals surface area contributed by atoms with Gasteiger partial charge in [-0.2, -0.15) is 0 Å². The predicted octanol–water partition coefficient (Wildman–Crippen LogP) is 1.20. The number of hydrogen-bond donors (Lipinski definition) is 3. The molecule has 0 aliphatic carbocycles. The second-order valence-electron chi connectivity index (χ2n) is 4.46. The number of hydrazine groups is 1. The summed E-state index contributed by atoms with van der Waals surface area (Å²) in [5.74, 6) is 8.00. The Balaban J connectivity index is 0.00000106. The van der Waals surface area contributed by atoms with E-state index in [4.69, 9.17) is 5.73 Å². The quantitative estimate of drug-likeness (QED) is 0.332. The Morgan fingerprint density at radius 3 is 1.81 bits per heavy atom. The van der Waals surface area contributed by atoms with Crippen molar-refractivity contribution in [3.05, 3.63) is 0 Å². The van der Waals surface area contributed by atoms with Crippen molar-refractivity contribution in [1.82, 2.24) is 4.90 Å². The van der Waals surface area contributed by atoms with E-state index in [-0.39, 0.29) is 0 Å². The first-order valence-corrected chi connectivity index (χ1v) is 6.69. The van der Waals surface area contributed by atoms with Gasteiger partial charge in [-0.05, 0) is 51.9 Å². The molecule has 0 bridgehead atoms. The average molecular weight is 230 g/mol. The maximum absolute atomic E-state index is 5.45. The molecule has 98 valence electrons. The van der Waals surface area contributed by atoms with Crippen molar-refractivity contribution in [2.45, 2.75) is 51.4 Å². The van der Waals surface area contributed by atoms with Crippen LogP contribution in [0.25, 0.3) is 0 Å². The van der Waals surface area contributed by atoms with Crippen LogP contribution in [-0.2, 0) is 0 Å². The lowest BCUT2D eigenvalue weighted by Crippen LogP contribution is -2.20. The Kier molecular flexibility index (Phi) is 12.8. The summed E-state index contributed by atoms with van der Waals surface area (Å²) in [7, 11) is 0. The fourth-order valence-corrected chi connectivity index (χ4v) is 2.19. The zero-order chi connectivity index (χ0) is 12.1. The molecular weight excluding hydrogens is 200 g/mol. The van der Waals surface area contributed by atoms with E-state index in [2.05, 4.69) is 16.6 Å². The molecule has 1 aliphatic heterocycles. The second-order valence-corrected chi connectivity index (χ2v) is 4.46. The van der Waals surface area contributed by atoms with Crippen molar-refractivity contribution in [2.75, 3.05) is 26.2 Å². The topological polar surface area (TPSA) is 81.3 Å². The lowest BCUT2D eigenvalue weighted by atomic mass is 10.1. The van der Waals surface area contributed by atoms with Gasteiger partial charge in [-0.1, -0.05) is 25.7 Å². The number of rotatable bonds is 8. The van der Waals surface area contributed by atoms with Gasteiger partial charge in [0.2, 0.25) is 0 Å². The number of nitrogens with two attached hydrogens (primary N) is 3. The van der Waals surface area contributed by atoms with Gasteiger partial charge in [0.05, 0.1) is 0 Å². The Labute approximate surface area is 101 Å². The van der Waals surface area contributed by atoms with Crippen molar-refractivity contribution in [2.24, 2.45) is 17.4 Å². The molecule has 4 nitrogen and oxygen atoms in total. The van der Waals surface area contributed by atoms with E-state index in [1.807, 2.05) is 0 Å². The molecule has 0 unspecified atom stereocenters. The Morgan fingerprint density at radius 2 is 1.25 bits per heavy atom. The van der Waals surface area contributed by atoms with Crippen LogP contribution < -0.4 is 17.4 Å². The normalized spacial score (nSPS) is 15.9. The minimum absolute atomic E-state index is 0.869. The fraction of sp³-hybridized carbons (Fsp3) is 1.00. The first-order valence-electron chi connectivity index (χ1n) is 6.69. The van der Waals surface area contributed by atoms with Gasteiger partial charge in [0.1, 0.15) is 0 Å². The van der Waals surface area contributed by atoms with Crippen LogP contribution in [0.2, 0.25) is 0 Å². The second kappa shape index (κ2) is 12.9. The predicted molar refractivity (Wildman–Crippen MR) is 70.8 cm³/mol. The van der Waals surface area contributed by atoms with Gasteiger partial charge >= 0.3 is 0 Å². The van der Waals surface area contributed by atoms with Gasteiger partial charge in [-0.3, -0.25) is 11.7 Å². The van der Waals surface area contributed by atoms with Gasteiger partial charge in [-0.25, -0.2) is 0 Å². The molecule has 0 aromatic rings. The highest BCUT2D eigenvalue weighted by molar-refractivity contribution is 4.65. The van der Waals surface area contributed by atoms with Crippen LogP contribution in [0.3, 0.4) is 0 Å². The third kappa shape index (κ3) is 9.09. The zero-order valence-corrected chi connectivity index (χ0v) is 10.7. The smallest absolute Gasteiger partial charge is 0.00183 e. The Morgan fingerprint density at radius 1 is 0.750 bits per heavy atom. The van der Waals surface area contributed by atoms with Crippen molar-refractivity contribution in [3.63, 3.8) is 0 Å². The van der Waals surface area contributed by atoms with E-state index in [0.29, 0.717) is 0 Å². The highest BCUT2D eigenvalue weighted by atomic mass is 15.1. The standard InChI is InChI=1S/C12H26N2.H4N2/c13-9-5-3-1-2-4-6-10-14-11-7-8-12-14;1-2/h1-13H2;1-2H2. The van der Waals surface area contributed by atoms with E-state index in [1.54, 1.807) is 0 Å². The molecule has 4 heteroatoms. The van der Waals surface area contributed by atoms with Gasteiger partial charge in [0.25, 0.3) is 0 Å². The molecule has 16 heavy (non-hydrogen) atoms. The van der Waals surface area contributed by atoms with E-state index >= 15 is 0 Å². The van der Waals surface area contributed by atoms with Crippen molar-refractivity contribution in [3.8, 4) is 0 Å². The Bertz CT molecular complexity index is 124. The van der Waals surface area contributed by atoms with Crippen LogP contribution >= 0.6 is 0 Å². The van der Waals surface area contributed by atoms with Crippen LogP contribution in [0.4, 0.5) is 0 Å². The molecule has 1 rings (SSSR count). The first kappa shape index (κ1) is 15.8. The number of nitrogens with zero attached hydrogens (tertiary/aromatic N) is 1. The maximum Gasteiger partial charge on any atom is -0.00183 e. The van der Waals surface area contributed by atoms with Crippen LogP contribution in [0.15, 0.2) is 0 Å². The van der Waals surface area contributed by atoms with Crippen LogP contribution in [0, 0.1) is 0 Å². The number of hydrogen-bond acceptors (Lipinski definition) is 4. The lowest BCUT2D eigenvalue weighted by molar-refractivity contribution is 0.327. The molecule has 0 aromatic carbocycles. The molecule has 0 spiro atoms. The van der Waals surface area contributed by atoms with Gasteiger partial charge < -0.3 is 10.6 Å². The van der Waals surface area contributed by atoms with Gasteiger partial charge in [0.15, 0.2) is 0 Å². The van der Waals surface area contributed by atoms with Crippen LogP contribution in [-0.4, -0.2) is 31.1 Å². The number of unbranched alkanes of at least 4 members (excludes halogenated alkanes) is 5. The molecule has 6 N–H and O–H groups in total. The summed E-state index contributed by atoms with van der Waals surface area (Å²) < 4.78 is 0. The molecular formula is C12H30N4. The van der Waals surface area contributed by atoms with Crippen LogP contribution in [0.5, 0.6) is 0 Å². The van der Waals surface area contributed by atoms with Crippen LogP contribution in [0.1, 0.15) is 51.4 Å². The van der Waals surface area contributed by atoms with Crippen molar-refractivity contribution < 1.29 is 0 Å². The highest BCUT2D eigenvalue weighted by Crippen LogP contribution is 2.10. The SMILES string of the molecule is NCCCCCCCCN1CCCC1.NN. The van der Waals surface area contributed by atoms with E-state index in [0.717, 1.165) is 6.54 Å². The largest absolute Gasteiger partial charge is 0.330 e. The monoisotopic (exact) mass is 230 g/mol. The third-order valence-electron chi connectivity index (χ3n) is 3.13. The highest BCUT2D eigenvalue weighted by Gasteiger charge is 2.09. The molecule has 0 radical (unpaired) electrons. The summed E-state index contributed by atoms with van der Waals surface area (Å²) in [4.78, 5) is 2.61. The summed E-state index contributed by atoms with van der Waals surface area (Å²) in [6, 6.07) is 0. The molecule has 0 amide bonds. The van der Waals surface area contributed by atoms with Crippen molar-refractivity contribution >= 4 is 0 Å². The van der Waals surface area contributed by atoms with E-state index < -0.39 is 0 Å². The summed E-state index contributed by atoms with van der Waals surface area (Å²) >= 11 is 0. The summed E-state index contributed by atoms with van der Waals surface area (Å²) in [5, 5.41) is 0. The fourth-order valence-electron chi connectivity index (χ4n) is 2.19. The summed E-state index contributed by atoms with van der Waals surface area (Å²) in [5.41, 5.74) is 5.45. The van der Waals surface area contributed by atoms with Gasteiger partial charge in [0, 0.05) is 0 Å². The van der Waals surface area contributed by atoms with Gasteiger partial charge in [-0.15, -0.1) is 0 Å². The first-order chi connectivity index (χ1) is 7.93. The average Bonchev–Trinajstić information content (AvgIpc) is 2.84. The maximum atomic E-state index is 5.45. The van der Waals surface area contributed by atoms with E-state index in [9.17, 15) is 0 Å². The molecule has 0 saturated carbocycles. The van der Waals surface area contributed by atoms with E-state index in [1.165, 1.54) is 71.0 Å². The molecule has 1 aliphatic rings. The third-order valence-corrected chi connectivity index (χ3v) is 3.13. The molecule has 1 fully saturated rings. The lowest BCUT2D eigenvalue weighted by Gasteiger charge is -2.13. The minimum Gasteiger partial charge on any atom is -0.330 e. The summed E-state index contributed by atoms with van der Waals surface area (Å²) in [6.07, 6.45) is 11.0. The molecule has 0 aromatic heterocycles. The summed E-state index contributed by atoms with van der Waals surface area (Å²) in [6.45, 7) is 4.92. The minimum atomic E-state index is 0.869. The molecule has 1 heterocycles. The molecule has 0 atom stereocenters. The Hall–Kier alpha value is -0.160. The zero-order valence-electron chi connectivity index (χ0n) is 10.7.